The van der Waals surface area contributed by atoms with Crippen LogP contribution in [0.25, 0.3) is 0 Å². The first kappa shape index (κ1) is 14.2. The van der Waals surface area contributed by atoms with Crippen LogP contribution in [-0.2, 0) is 0 Å². The second-order valence-corrected chi connectivity index (χ2v) is 4.89. The molecule has 0 aliphatic rings. The summed E-state index contributed by atoms with van der Waals surface area (Å²) in [5, 5.41) is 0. The van der Waals surface area contributed by atoms with Gasteiger partial charge in [0.1, 0.15) is 11.5 Å². The maximum absolute atomic E-state index is 13.9. The number of benzene rings is 2. The first-order chi connectivity index (χ1) is 9.45. The smallest absolute Gasteiger partial charge is 0.168 e. The van der Waals surface area contributed by atoms with E-state index in [9.17, 15) is 4.39 Å². The summed E-state index contributed by atoms with van der Waals surface area (Å²) in [5.74, 6) is 0.848. The summed E-state index contributed by atoms with van der Waals surface area (Å²) in [7, 11) is 0. The number of hydrogen-bond donors (Lipinski definition) is 1. The van der Waals surface area contributed by atoms with Crippen molar-refractivity contribution in [2.45, 2.75) is 26.9 Å². The summed E-state index contributed by atoms with van der Waals surface area (Å²) in [5.41, 5.74) is 6.84. The van der Waals surface area contributed by atoms with Gasteiger partial charge in [0.15, 0.2) is 11.6 Å². The van der Waals surface area contributed by atoms with Crippen LogP contribution < -0.4 is 15.2 Å². The summed E-state index contributed by atoms with van der Waals surface area (Å²) in [6.45, 7) is 5.53. The Morgan fingerprint density at radius 3 is 2.50 bits per heavy atom. The Labute approximate surface area is 118 Å². The number of rotatable bonds is 4. The molecule has 0 amide bonds. The highest BCUT2D eigenvalue weighted by Crippen LogP contribution is 2.31. The number of nitrogens with two attached hydrogens (primary N) is 1. The number of ether oxygens (including phenoxy) is 2. The molecule has 0 fully saturated rings. The Kier molecular flexibility index (Phi) is 4.13. The molecular formula is C16H18FNO2. The lowest BCUT2D eigenvalue weighted by molar-refractivity contribution is 0.241. The molecule has 0 aliphatic heterocycles. The average molecular weight is 275 g/mol. The second kappa shape index (κ2) is 5.82. The Bertz CT molecular complexity index is 611. The molecule has 0 saturated heterocycles. The predicted molar refractivity (Wildman–Crippen MR) is 77.8 cm³/mol. The van der Waals surface area contributed by atoms with Gasteiger partial charge in [-0.15, -0.1) is 0 Å². The Morgan fingerprint density at radius 1 is 1.10 bits per heavy atom. The third-order valence-electron chi connectivity index (χ3n) is 2.66. The molecule has 0 atom stereocenters. The fraction of sp³-hybridized carbons (Fsp3) is 0.250. The lowest BCUT2D eigenvalue weighted by Crippen LogP contribution is -2.06. The molecule has 0 bridgehead atoms. The van der Waals surface area contributed by atoms with E-state index in [-0.39, 0.29) is 17.7 Å². The quantitative estimate of drug-likeness (QED) is 0.846. The van der Waals surface area contributed by atoms with E-state index in [1.165, 1.54) is 0 Å². The van der Waals surface area contributed by atoms with Crippen LogP contribution in [0.2, 0.25) is 0 Å². The summed E-state index contributed by atoms with van der Waals surface area (Å²) in [6, 6.07) is 10.0. The SMILES string of the molecule is Cc1cccc(Oc2cc(N)cc(OC(C)C)c2)c1F. The van der Waals surface area contributed by atoms with Gasteiger partial charge in [0.2, 0.25) is 0 Å². The Morgan fingerprint density at radius 2 is 1.80 bits per heavy atom. The zero-order chi connectivity index (χ0) is 14.7. The summed E-state index contributed by atoms with van der Waals surface area (Å²) in [6.07, 6.45) is 0.0281. The third kappa shape index (κ3) is 3.41. The van der Waals surface area contributed by atoms with Gasteiger partial charge in [0.05, 0.1) is 6.10 Å². The number of hydrogen-bond acceptors (Lipinski definition) is 3. The van der Waals surface area contributed by atoms with Gasteiger partial charge in [-0.2, -0.15) is 0 Å². The van der Waals surface area contributed by atoms with Crippen LogP contribution in [0.4, 0.5) is 10.1 Å². The van der Waals surface area contributed by atoms with Crippen LogP contribution in [0.3, 0.4) is 0 Å². The van der Waals surface area contributed by atoms with Gasteiger partial charge < -0.3 is 15.2 Å². The highest BCUT2D eigenvalue weighted by molar-refractivity contribution is 5.51. The van der Waals surface area contributed by atoms with E-state index in [2.05, 4.69) is 0 Å². The minimum absolute atomic E-state index is 0.0281. The molecular weight excluding hydrogens is 257 g/mol. The van der Waals surface area contributed by atoms with Gasteiger partial charge in [-0.05, 0) is 32.4 Å². The molecule has 2 aromatic rings. The molecule has 2 aromatic carbocycles. The van der Waals surface area contributed by atoms with Gasteiger partial charge in [-0.25, -0.2) is 4.39 Å². The van der Waals surface area contributed by atoms with Gasteiger partial charge in [0.25, 0.3) is 0 Å². The van der Waals surface area contributed by atoms with Crippen molar-refractivity contribution in [3.05, 3.63) is 47.8 Å². The molecule has 0 aliphatic carbocycles. The van der Waals surface area contributed by atoms with E-state index in [0.29, 0.717) is 22.7 Å². The lowest BCUT2D eigenvalue weighted by Gasteiger charge is -2.13. The van der Waals surface area contributed by atoms with Crippen molar-refractivity contribution in [2.75, 3.05) is 5.73 Å². The minimum Gasteiger partial charge on any atom is -0.491 e. The number of halogens is 1. The summed E-state index contributed by atoms with van der Waals surface area (Å²) in [4.78, 5) is 0. The van der Waals surface area contributed by atoms with Crippen LogP contribution in [0.1, 0.15) is 19.4 Å². The van der Waals surface area contributed by atoms with Gasteiger partial charge >= 0.3 is 0 Å². The molecule has 2 N–H and O–H groups in total. The molecule has 3 nitrogen and oxygen atoms in total. The van der Waals surface area contributed by atoms with Crippen LogP contribution in [0.5, 0.6) is 17.2 Å². The Balaban J connectivity index is 2.29. The van der Waals surface area contributed by atoms with Crippen molar-refractivity contribution in [2.24, 2.45) is 0 Å². The van der Waals surface area contributed by atoms with Gasteiger partial charge in [-0.1, -0.05) is 12.1 Å². The number of nitrogen functional groups attached to an aromatic ring is 1. The van der Waals surface area contributed by atoms with Gasteiger partial charge in [0, 0.05) is 23.9 Å². The van der Waals surface area contributed by atoms with Crippen molar-refractivity contribution in [1.82, 2.24) is 0 Å². The zero-order valence-corrected chi connectivity index (χ0v) is 11.8. The van der Waals surface area contributed by atoms with Crippen molar-refractivity contribution >= 4 is 5.69 Å². The molecule has 0 unspecified atom stereocenters. The standard InChI is InChI=1S/C16H18FNO2/c1-10(2)19-13-7-12(18)8-14(9-13)20-15-6-4-5-11(3)16(15)17/h4-10H,18H2,1-3H3. The summed E-state index contributed by atoms with van der Waals surface area (Å²) < 4.78 is 25.0. The van der Waals surface area contributed by atoms with Crippen LogP contribution in [0.15, 0.2) is 36.4 Å². The molecule has 0 radical (unpaired) electrons. The van der Waals surface area contributed by atoms with E-state index in [1.54, 1.807) is 43.3 Å². The summed E-state index contributed by atoms with van der Waals surface area (Å²) >= 11 is 0. The van der Waals surface area contributed by atoms with E-state index >= 15 is 0 Å². The van der Waals surface area contributed by atoms with E-state index < -0.39 is 0 Å². The topological polar surface area (TPSA) is 44.5 Å². The lowest BCUT2D eigenvalue weighted by atomic mass is 10.2. The highest BCUT2D eigenvalue weighted by Gasteiger charge is 2.09. The molecule has 0 spiro atoms. The molecule has 2 rings (SSSR count). The molecule has 20 heavy (non-hydrogen) atoms. The molecule has 0 saturated carbocycles. The van der Waals surface area contributed by atoms with Crippen molar-refractivity contribution in [1.29, 1.82) is 0 Å². The highest BCUT2D eigenvalue weighted by atomic mass is 19.1. The van der Waals surface area contributed by atoms with Crippen LogP contribution in [-0.4, -0.2) is 6.10 Å². The van der Waals surface area contributed by atoms with Crippen LogP contribution in [0, 0.1) is 12.7 Å². The second-order valence-electron chi connectivity index (χ2n) is 4.89. The molecule has 0 aromatic heterocycles. The third-order valence-corrected chi connectivity index (χ3v) is 2.66. The Hall–Kier alpha value is -2.23. The number of anilines is 1. The first-order valence-electron chi connectivity index (χ1n) is 6.46. The maximum Gasteiger partial charge on any atom is 0.168 e. The monoisotopic (exact) mass is 275 g/mol. The predicted octanol–water partition coefficient (Wildman–Crippen LogP) is 4.30. The van der Waals surface area contributed by atoms with Crippen molar-refractivity contribution in [3.63, 3.8) is 0 Å². The van der Waals surface area contributed by atoms with Gasteiger partial charge in [-0.3, -0.25) is 0 Å². The maximum atomic E-state index is 13.9. The van der Waals surface area contributed by atoms with E-state index in [0.717, 1.165) is 0 Å². The average Bonchev–Trinajstić information content (AvgIpc) is 2.33. The van der Waals surface area contributed by atoms with E-state index in [1.807, 2.05) is 13.8 Å². The van der Waals surface area contributed by atoms with E-state index in [4.69, 9.17) is 15.2 Å². The first-order valence-corrected chi connectivity index (χ1v) is 6.46. The molecule has 106 valence electrons. The van der Waals surface area contributed by atoms with Crippen molar-refractivity contribution in [3.8, 4) is 17.2 Å². The molecule has 0 heterocycles. The van der Waals surface area contributed by atoms with Crippen LogP contribution >= 0.6 is 0 Å². The molecule has 4 heteroatoms. The number of aryl methyl sites for hydroxylation is 1. The largest absolute Gasteiger partial charge is 0.491 e. The fourth-order valence-corrected chi connectivity index (χ4v) is 1.82. The normalized spacial score (nSPS) is 10.7. The minimum atomic E-state index is -0.374. The van der Waals surface area contributed by atoms with Crippen molar-refractivity contribution < 1.29 is 13.9 Å². The fourth-order valence-electron chi connectivity index (χ4n) is 1.82. The zero-order valence-electron chi connectivity index (χ0n) is 11.8.